The molecule has 0 bridgehead atoms. The summed E-state index contributed by atoms with van der Waals surface area (Å²) in [4.78, 5) is 17.6. The molecule has 0 fully saturated rings. The first-order chi connectivity index (χ1) is 13.6. The number of hydrogen-bond acceptors (Lipinski definition) is 9. The monoisotopic (exact) mass is 393 g/mol. The third-order valence-electron chi connectivity index (χ3n) is 4.89. The summed E-state index contributed by atoms with van der Waals surface area (Å²) in [6.45, 7) is 2.02. The quantitative estimate of drug-likeness (QED) is 0.482. The molecule has 4 aromatic rings. The summed E-state index contributed by atoms with van der Waals surface area (Å²) < 4.78 is 2.46. The Bertz CT molecular complexity index is 1180. The molecule has 0 aliphatic heterocycles. The molecule has 0 aromatic carbocycles. The lowest BCUT2D eigenvalue weighted by Gasteiger charge is -2.20. The second-order valence-electron chi connectivity index (χ2n) is 6.96. The Morgan fingerprint density at radius 2 is 2.18 bits per heavy atom. The lowest BCUT2D eigenvalue weighted by atomic mass is 9.92. The van der Waals surface area contributed by atoms with E-state index in [2.05, 4.69) is 36.4 Å². The lowest BCUT2D eigenvalue weighted by Crippen LogP contribution is -2.28. The third kappa shape index (κ3) is 2.86. The minimum atomic E-state index is 0.187. The van der Waals surface area contributed by atoms with Crippen molar-refractivity contribution in [3.8, 4) is 5.82 Å². The van der Waals surface area contributed by atoms with Crippen LogP contribution in [0.3, 0.4) is 0 Å². The van der Waals surface area contributed by atoms with Crippen molar-refractivity contribution >= 4 is 39.1 Å². The fourth-order valence-corrected chi connectivity index (χ4v) is 4.46. The normalized spacial score (nSPS) is 16.3. The van der Waals surface area contributed by atoms with Gasteiger partial charge in [-0.2, -0.15) is 9.67 Å². The average molecular weight is 393 g/mol. The Balaban J connectivity index is 1.48. The zero-order chi connectivity index (χ0) is 19.3. The highest BCUT2D eigenvalue weighted by atomic mass is 32.1. The van der Waals surface area contributed by atoms with Crippen LogP contribution in [0.1, 0.15) is 23.2 Å². The largest absolute Gasteiger partial charge is 0.368 e. The Hall–Kier alpha value is -3.11. The van der Waals surface area contributed by atoms with Gasteiger partial charge in [0.05, 0.1) is 22.1 Å². The molecular weight excluding hydrogens is 374 g/mol. The van der Waals surface area contributed by atoms with Crippen LogP contribution in [0.5, 0.6) is 0 Å². The summed E-state index contributed by atoms with van der Waals surface area (Å²) in [7, 11) is 0. The number of nitrogens with zero attached hydrogens (tertiary/aromatic N) is 6. The minimum absolute atomic E-state index is 0.187. The van der Waals surface area contributed by atoms with E-state index < -0.39 is 0 Å². The first-order valence-corrected chi connectivity index (χ1v) is 9.88. The van der Waals surface area contributed by atoms with Gasteiger partial charge < -0.3 is 16.8 Å². The van der Waals surface area contributed by atoms with Gasteiger partial charge in [0.1, 0.15) is 6.33 Å². The van der Waals surface area contributed by atoms with E-state index in [0.717, 1.165) is 46.4 Å². The second-order valence-corrected chi connectivity index (χ2v) is 7.84. The van der Waals surface area contributed by atoms with Crippen LogP contribution in [0.4, 0.5) is 17.6 Å². The number of aryl methyl sites for hydroxylation is 2. The Morgan fingerprint density at radius 3 is 3.07 bits per heavy atom. The van der Waals surface area contributed by atoms with Gasteiger partial charge in [0.15, 0.2) is 5.82 Å². The molecule has 0 saturated carbocycles. The molecule has 0 amide bonds. The van der Waals surface area contributed by atoms with E-state index in [-0.39, 0.29) is 12.0 Å². The molecule has 142 valence electrons. The molecule has 5 rings (SSSR count). The number of thiophene rings is 1. The van der Waals surface area contributed by atoms with Crippen molar-refractivity contribution in [3.05, 3.63) is 40.8 Å². The molecule has 5 N–H and O–H groups in total. The molecule has 1 unspecified atom stereocenters. The van der Waals surface area contributed by atoms with Crippen molar-refractivity contribution in [1.82, 2.24) is 29.7 Å². The van der Waals surface area contributed by atoms with Crippen molar-refractivity contribution in [3.63, 3.8) is 0 Å². The van der Waals surface area contributed by atoms with Gasteiger partial charge in [-0.1, -0.05) is 0 Å². The van der Waals surface area contributed by atoms with Gasteiger partial charge in [0, 0.05) is 11.7 Å². The SMILES string of the molecule is Cc1csc2c(-n3nc(Nc4cnc5c(c4)CC(N)CC5)nc3N)ncnc12. The molecule has 0 saturated heterocycles. The van der Waals surface area contributed by atoms with Crippen LogP contribution >= 0.6 is 11.3 Å². The Kier molecular flexibility index (Phi) is 3.95. The molecule has 0 radical (unpaired) electrons. The fourth-order valence-electron chi connectivity index (χ4n) is 3.49. The highest BCUT2D eigenvalue weighted by molar-refractivity contribution is 7.17. The second kappa shape index (κ2) is 6.50. The zero-order valence-corrected chi connectivity index (χ0v) is 16.1. The van der Waals surface area contributed by atoms with E-state index >= 15 is 0 Å². The van der Waals surface area contributed by atoms with Crippen LogP contribution in [0.15, 0.2) is 24.0 Å². The number of nitrogens with two attached hydrogens (primary N) is 2. The molecule has 9 nitrogen and oxygen atoms in total. The van der Waals surface area contributed by atoms with E-state index in [0.29, 0.717) is 11.8 Å². The lowest BCUT2D eigenvalue weighted by molar-refractivity contribution is 0.567. The van der Waals surface area contributed by atoms with Crippen molar-refractivity contribution < 1.29 is 0 Å². The van der Waals surface area contributed by atoms with Crippen molar-refractivity contribution in [2.75, 3.05) is 11.1 Å². The molecule has 1 atom stereocenters. The van der Waals surface area contributed by atoms with Crippen LogP contribution in [0.2, 0.25) is 0 Å². The highest BCUT2D eigenvalue weighted by Gasteiger charge is 2.18. The minimum Gasteiger partial charge on any atom is -0.368 e. The maximum Gasteiger partial charge on any atom is 0.248 e. The topological polar surface area (TPSA) is 133 Å². The summed E-state index contributed by atoms with van der Waals surface area (Å²) in [6.07, 6.45) is 6.03. The van der Waals surface area contributed by atoms with E-state index in [1.807, 2.05) is 12.3 Å². The van der Waals surface area contributed by atoms with Crippen LogP contribution in [0.25, 0.3) is 16.0 Å². The molecule has 28 heavy (non-hydrogen) atoms. The summed E-state index contributed by atoms with van der Waals surface area (Å²) >= 11 is 1.56. The molecule has 4 heterocycles. The van der Waals surface area contributed by atoms with E-state index in [1.165, 1.54) is 16.6 Å². The van der Waals surface area contributed by atoms with Crippen LogP contribution < -0.4 is 16.8 Å². The third-order valence-corrected chi connectivity index (χ3v) is 5.98. The van der Waals surface area contributed by atoms with Gasteiger partial charge in [0.25, 0.3) is 0 Å². The summed E-state index contributed by atoms with van der Waals surface area (Å²) in [6, 6.07) is 2.25. The summed E-state index contributed by atoms with van der Waals surface area (Å²) in [5, 5.41) is 9.72. The molecule has 10 heteroatoms. The van der Waals surface area contributed by atoms with Gasteiger partial charge >= 0.3 is 0 Å². The number of nitrogens with one attached hydrogen (secondary N) is 1. The maximum atomic E-state index is 6.12. The predicted octanol–water partition coefficient (Wildman–Crippen LogP) is 2.12. The number of hydrogen-bond donors (Lipinski definition) is 3. The molecular formula is C18H19N9S. The molecule has 0 spiro atoms. The predicted molar refractivity (Wildman–Crippen MR) is 109 cm³/mol. The number of pyridine rings is 1. The van der Waals surface area contributed by atoms with E-state index in [9.17, 15) is 0 Å². The van der Waals surface area contributed by atoms with Gasteiger partial charge in [-0.15, -0.1) is 16.4 Å². The summed E-state index contributed by atoms with van der Waals surface area (Å²) in [5.74, 6) is 1.26. The van der Waals surface area contributed by atoms with Gasteiger partial charge in [-0.3, -0.25) is 4.98 Å². The van der Waals surface area contributed by atoms with Crippen molar-refractivity contribution in [2.45, 2.75) is 32.2 Å². The smallest absolute Gasteiger partial charge is 0.248 e. The van der Waals surface area contributed by atoms with Gasteiger partial charge in [0.2, 0.25) is 11.9 Å². The Morgan fingerprint density at radius 1 is 1.29 bits per heavy atom. The molecule has 1 aliphatic carbocycles. The van der Waals surface area contributed by atoms with Crippen LogP contribution in [0, 0.1) is 6.92 Å². The number of fused-ring (bicyclic) bond motifs is 2. The number of anilines is 3. The maximum absolute atomic E-state index is 6.12. The fraction of sp³-hybridized carbons (Fsp3) is 0.278. The van der Waals surface area contributed by atoms with Gasteiger partial charge in [-0.25, -0.2) is 9.97 Å². The van der Waals surface area contributed by atoms with Crippen molar-refractivity contribution in [2.24, 2.45) is 5.73 Å². The number of aromatic nitrogens is 6. The van der Waals surface area contributed by atoms with E-state index in [1.54, 1.807) is 17.5 Å². The highest BCUT2D eigenvalue weighted by Crippen LogP contribution is 2.29. The zero-order valence-electron chi connectivity index (χ0n) is 15.3. The Labute approximate surface area is 164 Å². The first-order valence-electron chi connectivity index (χ1n) is 9.00. The molecule has 1 aliphatic rings. The number of nitrogen functional groups attached to an aromatic ring is 1. The van der Waals surface area contributed by atoms with Crippen LogP contribution in [-0.4, -0.2) is 35.8 Å². The van der Waals surface area contributed by atoms with Crippen molar-refractivity contribution in [1.29, 1.82) is 0 Å². The first kappa shape index (κ1) is 17.0. The number of rotatable bonds is 3. The molecule has 4 aromatic heterocycles. The summed E-state index contributed by atoms with van der Waals surface area (Å²) in [5.41, 5.74) is 17.3. The average Bonchev–Trinajstić information content (AvgIpc) is 3.24. The standard InChI is InChI=1S/C18H19N9S/c1-9-7-28-15-14(9)22-8-23-16(15)27-17(20)25-18(26-27)24-12-5-10-4-11(19)2-3-13(10)21-6-12/h5-8,11H,2-4,19H2,1H3,(H3,20,24,25,26). The van der Waals surface area contributed by atoms with Crippen LogP contribution in [-0.2, 0) is 12.8 Å². The van der Waals surface area contributed by atoms with E-state index in [4.69, 9.17) is 11.5 Å². The van der Waals surface area contributed by atoms with Gasteiger partial charge in [-0.05, 0) is 48.8 Å².